The fraction of sp³-hybridized carbons (Fsp3) is 0.0833. The van der Waals surface area contributed by atoms with Crippen molar-refractivity contribution < 1.29 is 9.18 Å². The average Bonchev–Trinajstić information content (AvgIpc) is 2.39. The summed E-state index contributed by atoms with van der Waals surface area (Å²) in [5.41, 5.74) is 2.67. The van der Waals surface area contributed by atoms with E-state index in [1.54, 1.807) is 25.1 Å². The zero-order chi connectivity index (χ0) is 13.8. The second kappa shape index (κ2) is 5.40. The zero-order valence-corrected chi connectivity index (χ0v) is 10.1. The van der Waals surface area contributed by atoms with Crippen molar-refractivity contribution in [2.75, 3.05) is 10.7 Å². The second-order valence-corrected chi connectivity index (χ2v) is 3.78. The number of aromatic nitrogens is 2. The minimum absolute atomic E-state index is 0.161. The smallest absolute Gasteiger partial charge is 0.259 e. The number of anilines is 2. The molecule has 0 radical (unpaired) electrons. The number of hydrogen-bond acceptors (Lipinski definition) is 5. The van der Waals surface area contributed by atoms with E-state index >= 15 is 0 Å². The molecule has 0 bridgehead atoms. The maximum Gasteiger partial charge on any atom is 0.259 e. The van der Waals surface area contributed by atoms with Crippen molar-refractivity contribution in [1.82, 2.24) is 9.97 Å². The molecule has 2 aromatic heterocycles. The average molecular weight is 261 g/mol. The lowest BCUT2D eigenvalue weighted by molar-refractivity contribution is 0.102. The quantitative estimate of drug-likeness (QED) is 0.574. The fourth-order valence-electron chi connectivity index (χ4n) is 1.52. The highest BCUT2D eigenvalue weighted by molar-refractivity contribution is 6.04. The van der Waals surface area contributed by atoms with Gasteiger partial charge in [0.1, 0.15) is 5.82 Å². The molecule has 0 spiro atoms. The topological polar surface area (TPSA) is 92.9 Å². The Morgan fingerprint density at radius 3 is 2.84 bits per heavy atom. The molecule has 2 aromatic rings. The number of nitrogens with two attached hydrogens (primary N) is 1. The molecule has 0 fully saturated rings. The van der Waals surface area contributed by atoms with Crippen LogP contribution in [0.4, 0.5) is 16.0 Å². The monoisotopic (exact) mass is 261 g/mol. The molecule has 1 amide bonds. The molecule has 0 saturated carbocycles. The van der Waals surface area contributed by atoms with E-state index in [1.807, 2.05) is 0 Å². The summed E-state index contributed by atoms with van der Waals surface area (Å²) in [5.74, 6) is 3.83. The molecule has 4 N–H and O–H groups in total. The van der Waals surface area contributed by atoms with Gasteiger partial charge in [-0.3, -0.25) is 4.79 Å². The third-order valence-corrected chi connectivity index (χ3v) is 2.40. The molecule has 98 valence electrons. The van der Waals surface area contributed by atoms with E-state index in [0.29, 0.717) is 5.82 Å². The van der Waals surface area contributed by atoms with Crippen LogP contribution in [-0.4, -0.2) is 15.9 Å². The van der Waals surface area contributed by atoms with Gasteiger partial charge >= 0.3 is 0 Å². The van der Waals surface area contributed by atoms with Crippen LogP contribution in [-0.2, 0) is 0 Å². The van der Waals surface area contributed by atoms with Gasteiger partial charge in [-0.15, -0.1) is 0 Å². The van der Waals surface area contributed by atoms with Crippen LogP contribution in [0.1, 0.15) is 16.1 Å². The number of nitrogens with one attached hydrogen (secondary N) is 2. The SMILES string of the molecule is Cc1cccc(NC(=O)c2ccnc(NN)c2F)n1. The maximum absolute atomic E-state index is 13.8. The largest absolute Gasteiger partial charge is 0.306 e. The number of amides is 1. The summed E-state index contributed by atoms with van der Waals surface area (Å²) in [6, 6.07) is 6.42. The number of hydrazine groups is 1. The van der Waals surface area contributed by atoms with Gasteiger partial charge in [-0.05, 0) is 25.1 Å². The van der Waals surface area contributed by atoms with E-state index in [0.717, 1.165) is 5.69 Å². The van der Waals surface area contributed by atoms with Crippen LogP contribution in [0.3, 0.4) is 0 Å². The van der Waals surface area contributed by atoms with Gasteiger partial charge in [-0.1, -0.05) is 6.07 Å². The zero-order valence-electron chi connectivity index (χ0n) is 10.1. The van der Waals surface area contributed by atoms with Crippen LogP contribution in [0.15, 0.2) is 30.5 Å². The molecule has 0 atom stereocenters. The molecule has 19 heavy (non-hydrogen) atoms. The summed E-state index contributed by atoms with van der Waals surface area (Å²) in [5, 5.41) is 2.50. The van der Waals surface area contributed by atoms with Crippen molar-refractivity contribution >= 4 is 17.5 Å². The minimum atomic E-state index is -0.810. The van der Waals surface area contributed by atoms with E-state index in [4.69, 9.17) is 5.84 Å². The number of hydrogen-bond donors (Lipinski definition) is 3. The van der Waals surface area contributed by atoms with Crippen LogP contribution >= 0.6 is 0 Å². The lowest BCUT2D eigenvalue weighted by Gasteiger charge is -2.07. The van der Waals surface area contributed by atoms with E-state index < -0.39 is 11.7 Å². The maximum atomic E-state index is 13.8. The van der Waals surface area contributed by atoms with Gasteiger partial charge in [0.25, 0.3) is 5.91 Å². The Labute approximate surface area is 108 Å². The lowest BCUT2D eigenvalue weighted by atomic mass is 10.2. The predicted molar refractivity (Wildman–Crippen MR) is 68.9 cm³/mol. The summed E-state index contributed by atoms with van der Waals surface area (Å²) < 4.78 is 13.8. The van der Waals surface area contributed by atoms with Gasteiger partial charge in [-0.25, -0.2) is 20.2 Å². The Balaban J connectivity index is 2.25. The molecular weight excluding hydrogens is 249 g/mol. The molecule has 0 aliphatic heterocycles. The molecule has 0 aromatic carbocycles. The van der Waals surface area contributed by atoms with Crippen LogP contribution in [0.5, 0.6) is 0 Å². The number of pyridine rings is 2. The van der Waals surface area contributed by atoms with E-state index in [9.17, 15) is 9.18 Å². The number of nitrogen functional groups attached to an aromatic ring is 1. The summed E-state index contributed by atoms with van der Waals surface area (Å²) in [6.07, 6.45) is 1.29. The van der Waals surface area contributed by atoms with E-state index in [1.165, 1.54) is 12.3 Å². The Kier molecular flexibility index (Phi) is 3.67. The van der Waals surface area contributed by atoms with Crippen molar-refractivity contribution in [3.8, 4) is 0 Å². The summed E-state index contributed by atoms with van der Waals surface area (Å²) >= 11 is 0. The minimum Gasteiger partial charge on any atom is -0.306 e. The number of carbonyl (C=O) groups excluding carboxylic acids is 1. The third kappa shape index (κ3) is 2.83. The highest BCUT2D eigenvalue weighted by atomic mass is 19.1. The van der Waals surface area contributed by atoms with Crippen molar-refractivity contribution in [3.63, 3.8) is 0 Å². The molecule has 0 saturated heterocycles. The summed E-state index contributed by atoms with van der Waals surface area (Å²) in [4.78, 5) is 19.7. The van der Waals surface area contributed by atoms with Crippen molar-refractivity contribution in [2.24, 2.45) is 5.84 Å². The number of halogens is 1. The Bertz CT molecular complexity index is 617. The Morgan fingerprint density at radius 2 is 2.16 bits per heavy atom. The summed E-state index contributed by atoms with van der Waals surface area (Å²) in [7, 11) is 0. The fourth-order valence-corrected chi connectivity index (χ4v) is 1.52. The van der Waals surface area contributed by atoms with Crippen LogP contribution in [0, 0.1) is 12.7 Å². The molecule has 0 aliphatic carbocycles. The van der Waals surface area contributed by atoms with Crippen LogP contribution in [0.2, 0.25) is 0 Å². The second-order valence-electron chi connectivity index (χ2n) is 3.78. The Morgan fingerprint density at radius 1 is 1.37 bits per heavy atom. The molecule has 0 unspecified atom stereocenters. The summed E-state index contributed by atoms with van der Waals surface area (Å²) in [6.45, 7) is 1.79. The molecule has 0 aliphatic rings. The normalized spacial score (nSPS) is 10.1. The van der Waals surface area contributed by atoms with Crippen molar-refractivity contribution in [2.45, 2.75) is 6.92 Å². The van der Waals surface area contributed by atoms with Crippen molar-refractivity contribution in [1.29, 1.82) is 0 Å². The predicted octanol–water partition coefficient (Wildman–Crippen LogP) is 1.46. The highest BCUT2D eigenvalue weighted by Gasteiger charge is 2.16. The number of nitrogens with zero attached hydrogens (tertiary/aromatic N) is 2. The van der Waals surface area contributed by atoms with Crippen LogP contribution < -0.4 is 16.6 Å². The van der Waals surface area contributed by atoms with Gasteiger partial charge in [0.2, 0.25) is 0 Å². The number of rotatable bonds is 3. The highest BCUT2D eigenvalue weighted by Crippen LogP contribution is 2.15. The Hall–Kier alpha value is -2.54. The molecule has 2 rings (SSSR count). The van der Waals surface area contributed by atoms with Gasteiger partial charge < -0.3 is 10.7 Å². The van der Waals surface area contributed by atoms with Gasteiger partial charge in [0.15, 0.2) is 11.6 Å². The molecule has 7 heteroatoms. The third-order valence-electron chi connectivity index (χ3n) is 2.40. The van der Waals surface area contributed by atoms with Crippen molar-refractivity contribution in [3.05, 3.63) is 47.5 Å². The first-order valence-electron chi connectivity index (χ1n) is 5.48. The van der Waals surface area contributed by atoms with Crippen LogP contribution in [0.25, 0.3) is 0 Å². The van der Waals surface area contributed by atoms with E-state index in [-0.39, 0.29) is 11.4 Å². The number of aryl methyl sites for hydroxylation is 1. The lowest BCUT2D eigenvalue weighted by Crippen LogP contribution is -2.18. The van der Waals surface area contributed by atoms with Gasteiger partial charge in [-0.2, -0.15) is 0 Å². The molecular formula is C12H12FN5O. The first kappa shape index (κ1) is 12.9. The molecule has 2 heterocycles. The first-order valence-corrected chi connectivity index (χ1v) is 5.48. The number of carbonyl (C=O) groups is 1. The van der Waals surface area contributed by atoms with Gasteiger partial charge in [0.05, 0.1) is 5.56 Å². The van der Waals surface area contributed by atoms with Gasteiger partial charge in [0, 0.05) is 11.9 Å². The van der Waals surface area contributed by atoms with E-state index in [2.05, 4.69) is 20.7 Å². The first-order chi connectivity index (χ1) is 9.11. The standard InChI is InChI=1S/C12H12FN5O/c1-7-3-2-4-9(16-7)17-12(19)8-5-6-15-11(18-14)10(8)13/h2-6H,14H2,1H3,(H,15,18)(H,16,17,19). The molecule has 6 nitrogen and oxygen atoms in total.